The minimum Gasteiger partial charge on any atom is -0.171 e. The Hall–Kier alpha value is -7.44. The van der Waals surface area contributed by atoms with Gasteiger partial charge in [0.2, 0.25) is 0 Å². The smallest absolute Gasteiger partial charge is 0.171 e. The molecule has 9 rings (SSSR count). The Kier molecular flexibility index (Phi) is 40.2. The molecule has 0 bridgehead atoms. The lowest BCUT2D eigenvalue weighted by Gasteiger charge is -2.27. The van der Waals surface area contributed by atoms with Crippen LogP contribution in [0.5, 0.6) is 0 Å². The molecule has 0 amide bonds. The zero-order valence-corrected chi connectivity index (χ0v) is 72.1. The summed E-state index contributed by atoms with van der Waals surface area (Å²) in [5, 5.41) is 0. The minimum atomic E-state index is -4.16. The molecule has 9 aromatic carbocycles. The van der Waals surface area contributed by atoms with Crippen molar-refractivity contribution in [3.8, 4) is 0 Å². The first kappa shape index (κ1) is 96.6. The van der Waals surface area contributed by atoms with Crippen molar-refractivity contribution in [3.63, 3.8) is 0 Å². The van der Waals surface area contributed by atoms with Gasteiger partial charge in [0, 0.05) is 0 Å². The molecule has 0 heterocycles. The predicted molar refractivity (Wildman–Crippen MR) is 454 cm³/mol. The average molecular weight is 1460 g/mol. The zero-order valence-electron chi connectivity index (χ0n) is 72.1. The van der Waals surface area contributed by atoms with E-state index in [2.05, 4.69) is 320 Å². The molecule has 0 saturated heterocycles. The average Bonchev–Trinajstić information content (AvgIpc) is 0.828. The van der Waals surface area contributed by atoms with Crippen LogP contribution in [0.2, 0.25) is 0 Å². The molecule has 582 valence electrons. The fraction of sp³-hybridized carbons (Fsp3) is 0.460. The first-order valence-corrected chi connectivity index (χ1v) is 38.2. The van der Waals surface area contributed by atoms with Crippen LogP contribution in [0, 0.1) is 140 Å². The highest BCUT2D eigenvalue weighted by molar-refractivity contribution is 5.36. The quantitative estimate of drug-likeness (QED) is 0.126. The first-order valence-electron chi connectivity index (χ1n) is 38.2. The summed E-state index contributed by atoms with van der Waals surface area (Å²) >= 11 is 0. The fourth-order valence-electron chi connectivity index (χ4n) is 10.9. The first-order chi connectivity index (χ1) is 48.6. The standard InChI is InChI=1S/C13H17F3.C13H20.C12H15F3.2C12H18.C11H16.C10H14.C9H12.C8H10/c1-9-5-6-11(7-10(9)2)8-12(3,4)13(14,15)16;1-10-6-7-12(8-11(10)2)9-13(3,4)5;1-9-4-6-10(7-5-9)8-11(2,3)12(13,14)15;1-9-6-7-11(8-10(9)2)12(3,4)5;1-9(2)7-12-6-5-10(3)11(4)8-12;1-8(2)11-6-5-9(3)10(4)7-11;1-8(2)10-7-5-4-6-9(10)3;1-7-4-5-8(2)9(3)6-7;1-7-5-3-4-6-8(7)2/h5-7H,8H2,1-4H3;6-8H,9H2,1-5H3;4-7H,8H2,1-3H3;6-8H,1-5H3;5-6,8-9H,7H2,1-4H3;5-8H,1-4H3;4-8H,1-3H3;4-6H,1-3H3;3-6H,1-2H3. The molecule has 6 heteroatoms. The molecule has 0 fully saturated rings. The van der Waals surface area contributed by atoms with E-state index in [1.54, 1.807) is 18.2 Å². The van der Waals surface area contributed by atoms with Crippen molar-refractivity contribution in [2.24, 2.45) is 22.2 Å². The van der Waals surface area contributed by atoms with E-state index >= 15 is 0 Å². The van der Waals surface area contributed by atoms with Crippen molar-refractivity contribution in [1.29, 1.82) is 0 Å². The number of hydrogen-bond acceptors (Lipinski definition) is 0. The normalized spacial score (nSPS) is 11.4. The Labute approximate surface area is 644 Å². The second-order valence-electron chi connectivity index (χ2n) is 34.4. The summed E-state index contributed by atoms with van der Waals surface area (Å²) in [6, 6.07) is 63.0. The lowest BCUT2D eigenvalue weighted by atomic mass is 9.84. The van der Waals surface area contributed by atoms with Crippen molar-refractivity contribution in [3.05, 3.63) is 316 Å². The number of aryl methyl sites for hydroxylation is 17. The van der Waals surface area contributed by atoms with Gasteiger partial charge in [-0.15, -0.1) is 0 Å². The molecule has 0 aromatic heterocycles. The van der Waals surface area contributed by atoms with Gasteiger partial charge in [0.25, 0.3) is 0 Å². The van der Waals surface area contributed by atoms with Gasteiger partial charge in [-0.25, -0.2) is 0 Å². The van der Waals surface area contributed by atoms with Crippen LogP contribution < -0.4 is 0 Å². The predicted octanol–water partition coefficient (Wildman–Crippen LogP) is 31.0. The molecule has 0 N–H and O–H groups in total. The van der Waals surface area contributed by atoms with Crippen molar-refractivity contribution >= 4 is 0 Å². The summed E-state index contributed by atoms with van der Waals surface area (Å²) in [7, 11) is 0. The van der Waals surface area contributed by atoms with Crippen LogP contribution in [-0.4, -0.2) is 12.4 Å². The molecular weight excluding hydrogens is 1320 g/mol. The molecule has 0 aliphatic heterocycles. The highest BCUT2D eigenvalue weighted by atomic mass is 19.4. The van der Waals surface area contributed by atoms with Crippen molar-refractivity contribution in [2.75, 3.05) is 0 Å². The molecule has 0 radical (unpaired) electrons. The van der Waals surface area contributed by atoms with E-state index in [-0.39, 0.29) is 18.3 Å². The summed E-state index contributed by atoms with van der Waals surface area (Å²) in [5.41, 5.74) is 28.6. The zero-order chi connectivity index (χ0) is 81.6. The SMILES string of the molecule is Cc1ccc(C(C)(C)C)cc1C.Cc1ccc(C(C)C)cc1C.Cc1ccc(C)c(C)c1.Cc1ccc(CC(C)(C)C(F)(F)F)cc1.Cc1ccc(CC(C)(C)C(F)(F)F)cc1C.Cc1ccc(CC(C)(C)C)cc1C.Cc1ccc(CC(C)C)cc1C.Cc1ccccc1C.Cc1ccccc1C(C)C. The maximum atomic E-state index is 12.7. The van der Waals surface area contributed by atoms with E-state index < -0.39 is 23.2 Å². The maximum absolute atomic E-state index is 12.7. The summed E-state index contributed by atoms with van der Waals surface area (Å²) < 4.78 is 75.9. The molecule has 0 nitrogen and oxygen atoms in total. The number of alkyl halides is 6. The Bertz CT molecular complexity index is 4010. The van der Waals surface area contributed by atoms with E-state index in [1.165, 1.54) is 140 Å². The second-order valence-corrected chi connectivity index (χ2v) is 34.4. The summed E-state index contributed by atoms with van der Waals surface area (Å²) in [5.74, 6) is 2.06. The molecule has 0 aliphatic carbocycles. The molecule has 0 atom stereocenters. The van der Waals surface area contributed by atoms with Gasteiger partial charge in [-0.05, 0) is 294 Å². The second kappa shape index (κ2) is 44.1. The Morgan fingerprint density at radius 1 is 0.264 bits per heavy atom. The van der Waals surface area contributed by atoms with E-state index in [1.807, 2.05) is 45.0 Å². The molecule has 0 aliphatic rings. The van der Waals surface area contributed by atoms with Gasteiger partial charge in [-0.1, -0.05) is 304 Å². The molecule has 106 heavy (non-hydrogen) atoms. The van der Waals surface area contributed by atoms with Gasteiger partial charge >= 0.3 is 12.4 Å². The molecule has 0 saturated carbocycles. The Balaban J connectivity index is 0.000000600. The van der Waals surface area contributed by atoms with Gasteiger partial charge in [0.15, 0.2) is 0 Å². The topological polar surface area (TPSA) is 0 Å². The monoisotopic (exact) mass is 1460 g/mol. The maximum Gasteiger partial charge on any atom is 0.394 e. The van der Waals surface area contributed by atoms with E-state index in [0.717, 1.165) is 40.2 Å². The third-order valence-corrected chi connectivity index (χ3v) is 19.5. The molecule has 0 unspecified atom stereocenters. The third-order valence-electron chi connectivity index (χ3n) is 19.5. The van der Waals surface area contributed by atoms with Crippen LogP contribution in [0.3, 0.4) is 0 Å². The van der Waals surface area contributed by atoms with E-state index in [4.69, 9.17) is 0 Å². The highest BCUT2D eigenvalue weighted by Gasteiger charge is 2.48. The largest absolute Gasteiger partial charge is 0.394 e. The van der Waals surface area contributed by atoms with Crippen LogP contribution in [0.4, 0.5) is 26.3 Å². The molecule has 9 aromatic rings. The Morgan fingerprint density at radius 3 is 0.896 bits per heavy atom. The van der Waals surface area contributed by atoms with Gasteiger partial charge in [-0.2, -0.15) is 26.3 Å². The van der Waals surface area contributed by atoms with E-state index in [0.29, 0.717) is 17.3 Å². The van der Waals surface area contributed by atoms with E-state index in [9.17, 15) is 26.3 Å². The number of rotatable bonds is 9. The summed E-state index contributed by atoms with van der Waals surface area (Å²) in [6.07, 6.45) is -5.91. The Morgan fingerprint density at radius 2 is 0.575 bits per heavy atom. The van der Waals surface area contributed by atoms with Gasteiger partial charge < -0.3 is 0 Å². The van der Waals surface area contributed by atoms with Crippen molar-refractivity contribution in [2.45, 2.75) is 284 Å². The van der Waals surface area contributed by atoms with Crippen LogP contribution in [0.1, 0.15) is 256 Å². The van der Waals surface area contributed by atoms with Crippen LogP contribution >= 0.6 is 0 Å². The third kappa shape index (κ3) is 37.4. The number of halogens is 6. The molecule has 0 spiro atoms. The van der Waals surface area contributed by atoms with Gasteiger partial charge in [0.05, 0.1) is 10.8 Å². The lowest BCUT2D eigenvalue weighted by molar-refractivity contribution is -0.211. The van der Waals surface area contributed by atoms with Crippen LogP contribution in [-0.2, 0) is 31.1 Å². The lowest BCUT2D eigenvalue weighted by Crippen LogP contribution is -2.34. The van der Waals surface area contributed by atoms with Gasteiger partial charge in [-0.3, -0.25) is 0 Å². The highest BCUT2D eigenvalue weighted by Crippen LogP contribution is 2.41. The van der Waals surface area contributed by atoms with Crippen LogP contribution in [0.15, 0.2) is 182 Å². The number of benzene rings is 9. The summed E-state index contributed by atoms with van der Waals surface area (Å²) in [4.78, 5) is 0. The van der Waals surface area contributed by atoms with Crippen molar-refractivity contribution < 1.29 is 26.3 Å². The van der Waals surface area contributed by atoms with Crippen molar-refractivity contribution in [1.82, 2.24) is 0 Å². The minimum absolute atomic E-state index is 0.0246. The fourth-order valence-corrected chi connectivity index (χ4v) is 10.9. The molecular formula is C100H140F6. The number of hydrogen-bond donors (Lipinski definition) is 0. The van der Waals surface area contributed by atoms with Crippen LogP contribution in [0.25, 0.3) is 0 Å². The summed E-state index contributed by atoms with van der Waals surface area (Å²) in [6.45, 7) is 67.8. The van der Waals surface area contributed by atoms with Gasteiger partial charge in [0.1, 0.15) is 0 Å².